The molecule has 0 aromatic heterocycles. The van der Waals surface area contributed by atoms with Crippen molar-refractivity contribution in [3.63, 3.8) is 0 Å². The number of alkyl halides is 2. The predicted molar refractivity (Wildman–Crippen MR) is 43.1 cm³/mol. The maximum absolute atomic E-state index is 13.6. The van der Waals surface area contributed by atoms with E-state index in [-0.39, 0.29) is 0 Å². The maximum atomic E-state index is 13.6. The van der Waals surface area contributed by atoms with E-state index in [9.17, 15) is 8.78 Å². The Morgan fingerprint density at radius 2 is 1.67 bits per heavy atom. The Labute approximate surface area is 71.3 Å². The van der Waals surface area contributed by atoms with E-state index in [1.165, 1.54) is 0 Å². The van der Waals surface area contributed by atoms with Gasteiger partial charge in [0.25, 0.3) is 5.92 Å². The summed E-state index contributed by atoms with van der Waals surface area (Å²) in [5, 5.41) is 0. The van der Waals surface area contributed by atoms with E-state index in [1.54, 1.807) is 0 Å². The number of nitrogens with two attached hydrogens (primary N) is 1. The lowest BCUT2D eigenvalue weighted by Crippen LogP contribution is -2.48. The van der Waals surface area contributed by atoms with Crippen LogP contribution in [0.3, 0.4) is 0 Å². The van der Waals surface area contributed by atoms with Crippen LogP contribution in [-0.2, 0) is 0 Å². The zero-order valence-electron chi connectivity index (χ0n) is 7.15. The molecule has 2 fully saturated rings. The van der Waals surface area contributed by atoms with Crippen molar-refractivity contribution in [3.8, 4) is 0 Å². The molecule has 2 aliphatic rings. The summed E-state index contributed by atoms with van der Waals surface area (Å²) in [5.41, 5.74) is 4.43. The zero-order chi connectivity index (χ0) is 8.82. The Balaban J connectivity index is 2.08. The average molecular weight is 175 g/mol. The third-order valence-corrected chi connectivity index (χ3v) is 3.32. The zero-order valence-corrected chi connectivity index (χ0v) is 7.15. The molecule has 0 saturated heterocycles. The summed E-state index contributed by atoms with van der Waals surface area (Å²) in [6, 6.07) is 0. The van der Waals surface area contributed by atoms with Crippen molar-refractivity contribution < 1.29 is 8.78 Å². The van der Waals surface area contributed by atoms with E-state index in [4.69, 9.17) is 5.73 Å². The van der Waals surface area contributed by atoms with Crippen molar-refractivity contribution >= 4 is 0 Å². The first kappa shape index (κ1) is 8.42. The molecule has 2 saturated carbocycles. The number of hydrogen-bond donors (Lipinski definition) is 1. The second-order valence-electron chi connectivity index (χ2n) is 4.26. The highest BCUT2D eigenvalue weighted by molar-refractivity contribution is 5.11. The number of halogens is 2. The minimum absolute atomic E-state index is 0.426. The van der Waals surface area contributed by atoms with Gasteiger partial charge in [-0.1, -0.05) is 12.8 Å². The van der Waals surface area contributed by atoms with Crippen LogP contribution in [-0.4, -0.2) is 11.5 Å². The second kappa shape index (κ2) is 2.41. The lowest BCUT2D eigenvalue weighted by atomic mass is 9.92. The van der Waals surface area contributed by atoms with Gasteiger partial charge in [-0.15, -0.1) is 0 Å². The minimum Gasteiger partial charge on any atom is -0.320 e. The molecule has 0 aliphatic heterocycles. The van der Waals surface area contributed by atoms with Crippen LogP contribution in [0, 0.1) is 5.92 Å². The molecule has 0 aromatic rings. The van der Waals surface area contributed by atoms with E-state index in [2.05, 4.69) is 0 Å². The molecule has 12 heavy (non-hydrogen) atoms. The highest BCUT2D eigenvalue weighted by atomic mass is 19.3. The van der Waals surface area contributed by atoms with Crippen molar-refractivity contribution in [2.45, 2.75) is 50.0 Å². The molecule has 0 heterocycles. The second-order valence-corrected chi connectivity index (χ2v) is 4.26. The molecule has 0 unspecified atom stereocenters. The first-order valence-electron chi connectivity index (χ1n) is 4.73. The third-order valence-electron chi connectivity index (χ3n) is 3.32. The Bertz CT molecular complexity index is 181. The normalized spacial score (nSPS) is 29.2. The molecule has 2 rings (SSSR count). The molecule has 70 valence electrons. The molecule has 2 aliphatic carbocycles. The van der Waals surface area contributed by atoms with Gasteiger partial charge in [-0.2, -0.15) is 0 Å². The van der Waals surface area contributed by atoms with Gasteiger partial charge in [0.1, 0.15) is 0 Å². The average Bonchev–Trinajstić information content (AvgIpc) is 2.59. The van der Waals surface area contributed by atoms with Gasteiger partial charge in [-0.3, -0.25) is 0 Å². The molecule has 0 amide bonds. The van der Waals surface area contributed by atoms with Gasteiger partial charge in [0.2, 0.25) is 0 Å². The van der Waals surface area contributed by atoms with Crippen molar-refractivity contribution in [1.29, 1.82) is 0 Å². The number of hydrogen-bond acceptors (Lipinski definition) is 1. The van der Waals surface area contributed by atoms with Crippen LogP contribution in [0.2, 0.25) is 0 Å². The van der Waals surface area contributed by atoms with E-state index in [0.717, 1.165) is 12.8 Å². The summed E-state index contributed by atoms with van der Waals surface area (Å²) in [5.74, 6) is -3.02. The van der Waals surface area contributed by atoms with Gasteiger partial charge in [0.15, 0.2) is 0 Å². The van der Waals surface area contributed by atoms with E-state index < -0.39 is 17.4 Å². The Morgan fingerprint density at radius 3 is 2.08 bits per heavy atom. The Kier molecular flexibility index (Phi) is 1.69. The monoisotopic (exact) mass is 175 g/mol. The fraction of sp³-hybridized carbons (Fsp3) is 1.00. The van der Waals surface area contributed by atoms with Crippen molar-refractivity contribution in [1.82, 2.24) is 0 Å². The summed E-state index contributed by atoms with van der Waals surface area (Å²) in [4.78, 5) is 0. The predicted octanol–water partition coefficient (Wildman–Crippen LogP) is 2.30. The van der Waals surface area contributed by atoms with Crippen LogP contribution in [0.4, 0.5) is 8.78 Å². The fourth-order valence-corrected chi connectivity index (χ4v) is 2.16. The Morgan fingerprint density at radius 1 is 1.17 bits per heavy atom. The highest BCUT2D eigenvalue weighted by Gasteiger charge is 2.62. The van der Waals surface area contributed by atoms with Gasteiger partial charge in [0.05, 0.1) is 5.54 Å². The molecular formula is C9H15F2N. The molecule has 0 aromatic carbocycles. The van der Waals surface area contributed by atoms with E-state index >= 15 is 0 Å². The van der Waals surface area contributed by atoms with Crippen molar-refractivity contribution in [2.75, 3.05) is 0 Å². The lowest BCUT2D eigenvalue weighted by molar-refractivity contribution is -0.0871. The first-order valence-corrected chi connectivity index (χ1v) is 4.73. The largest absolute Gasteiger partial charge is 0.320 e. The third kappa shape index (κ3) is 1.06. The van der Waals surface area contributed by atoms with Gasteiger partial charge < -0.3 is 5.73 Å². The van der Waals surface area contributed by atoms with Gasteiger partial charge in [-0.25, -0.2) is 8.78 Å². The fourth-order valence-electron chi connectivity index (χ4n) is 2.16. The quantitative estimate of drug-likeness (QED) is 0.684. The van der Waals surface area contributed by atoms with Crippen molar-refractivity contribution in [2.24, 2.45) is 11.7 Å². The van der Waals surface area contributed by atoms with Crippen LogP contribution in [0.15, 0.2) is 0 Å². The summed E-state index contributed by atoms with van der Waals surface area (Å²) >= 11 is 0. The molecule has 2 N–H and O–H groups in total. The molecule has 0 bridgehead atoms. The molecule has 3 heteroatoms. The van der Waals surface area contributed by atoms with Gasteiger partial charge in [-0.05, 0) is 25.7 Å². The van der Waals surface area contributed by atoms with E-state index in [0.29, 0.717) is 25.7 Å². The summed E-state index contributed by atoms with van der Waals surface area (Å²) in [6.07, 6.45) is 4.28. The first-order chi connectivity index (χ1) is 5.56. The standard InChI is InChI=1S/C9H15F2N/c10-9(11,8(12)5-6-8)7-3-1-2-4-7/h7H,1-6,12H2. The molecule has 0 atom stereocenters. The van der Waals surface area contributed by atoms with Gasteiger partial charge >= 0.3 is 0 Å². The lowest BCUT2D eigenvalue weighted by Gasteiger charge is -2.28. The number of rotatable bonds is 2. The summed E-state index contributed by atoms with van der Waals surface area (Å²) < 4.78 is 27.1. The minimum atomic E-state index is -2.59. The molecule has 0 spiro atoms. The summed E-state index contributed by atoms with van der Waals surface area (Å²) in [7, 11) is 0. The van der Waals surface area contributed by atoms with Crippen LogP contribution in [0.5, 0.6) is 0 Å². The molecular weight excluding hydrogens is 160 g/mol. The molecule has 0 radical (unpaired) electrons. The van der Waals surface area contributed by atoms with Crippen LogP contribution >= 0.6 is 0 Å². The van der Waals surface area contributed by atoms with Crippen LogP contribution < -0.4 is 5.73 Å². The molecule has 1 nitrogen and oxygen atoms in total. The highest BCUT2D eigenvalue weighted by Crippen LogP contribution is 2.53. The smallest absolute Gasteiger partial charge is 0.268 e. The maximum Gasteiger partial charge on any atom is 0.268 e. The van der Waals surface area contributed by atoms with Gasteiger partial charge in [0, 0.05) is 5.92 Å². The Hall–Kier alpha value is -0.180. The van der Waals surface area contributed by atoms with E-state index in [1.807, 2.05) is 0 Å². The van der Waals surface area contributed by atoms with Crippen molar-refractivity contribution in [3.05, 3.63) is 0 Å². The topological polar surface area (TPSA) is 26.0 Å². The SMILES string of the molecule is NC1(C(F)(F)C2CCCC2)CC1. The summed E-state index contributed by atoms with van der Waals surface area (Å²) in [6.45, 7) is 0. The van der Waals surface area contributed by atoms with Crippen LogP contribution in [0.1, 0.15) is 38.5 Å². The van der Waals surface area contributed by atoms with Crippen LogP contribution in [0.25, 0.3) is 0 Å².